The minimum atomic E-state index is -0.848. The molecule has 1 saturated carbocycles. The van der Waals surface area contributed by atoms with E-state index in [2.05, 4.69) is 0 Å². The van der Waals surface area contributed by atoms with E-state index < -0.39 is 11.4 Å². The number of rotatable bonds is 6. The minimum absolute atomic E-state index is 0.0125. The van der Waals surface area contributed by atoms with Gasteiger partial charge in [-0.1, -0.05) is 6.42 Å². The average molecular weight is 279 g/mol. The van der Waals surface area contributed by atoms with E-state index in [4.69, 9.17) is 4.42 Å². The summed E-state index contributed by atoms with van der Waals surface area (Å²) in [5.74, 6) is -0.248. The van der Waals surface area contributed by atoms with Gasteiger partial charge in [0.05, 0.1) is 18.2 Å². The highest BCUT2D eigenvalue weighted by Gasteiger charge is 2.46. The van der Waals surface area contributed by atoms with Crippen LogP contribution in [0.1, 0.15) is 45.3 Å². The number of aliphatic carboxylic acids is 1. The number of carbonyl (C=O) groups is 2. The van der Waals surface area contributed by atoms with Gasteiger partial charge in [-0.25, -0.2) is 0 Å². The Morgan fingerprint density at radius 3 is 2.55 bits per heavy atom. The Morgan fingerprint density at radius 2 is 2.15 bits per heavy atom. The first-order valence-corrected chi connectivity index (χ1v) is 7.00. The van der Waals surface area contributed by atoms with E-state index in [0.29, 0.717) is 25.1 Å². The van der Waals surface area contributed by atoms with E-state index in [1.165, 1.54) is 0 Å². The van der Waals surface area contributed by atoms with Crippen molar-refractivity contribution < 1.29 is 19.1 Å². The Hall–Kier alpha value is -1.78. The standard InChI is InChI=1S/C15H21NO4/c1-11(2)16(10-12-5-3-8-20-12)13(17)9-15(14(18)19)6-4-7-15/h3,5,8,11H,4,6-7,9-10H2,1-2H3,(H,18,19). The average Bonchev–Trinajstić information content (AvgIpc) is 2.82. The summed E-state index contributed by atoms with van der Waals surface area (Å²) in [6, 6.07) is 3.61. The summed E-state index contributed by atoms with van der Waals surface area (Å²) in [6.45, 7) is 4.24. The maximum Gasteiger partial charge on any atom is 0.310 e. The molecule has 2 rings (SSSR count). The maximum atomic E-state index is 12.4. The van der Waals surface area contributed by atoms with Gasteiger partial charge in [0.15, 0.2) is 0 Å². The Morgan fingerprint density at radius 1 is 1.45 bits per heavy atom. The summed E-state index contributed by atoms with van der Waals surface area (Å²) in [4.78, 5) is 25.5. The zero-order valence-corrected chi connectivity index (χ0v) is 12.0. The number of furan rings is 1. The fraction of sp³-hybridized carbons (Fsp3) is 0.600. The van der Waals surface area contributed by atoms with E-state index in [9.17, 15) is 14.7 Å². The molecule has 0 bridgehead atoms. The highest BCUT2D eigenvalue weighted by atomic mass is 16.4. The van der Waals surface area contributed by atoms with Gasteiger partial charge in [0.25, 0.3) is 0 Å². The van der Waals surface area contributed by atoms with Gasteiger partial charge in [0.1, 0.15) is 5.76 Å². The van der Waals surface area contributed by atoms with Gasteiger partial charge in [-0.05, 0) is 38.8 Å². The van der Waals surface area contributed by atoms with Crippen LogP contribution in [0.25, 0.3) is 0 Å². The fourth-order valence-corrected chi connectivity index (χ4v) is 2.59. The summed E-state index contributed by atoms with van der Waals surface area (Å²) >= 11 is 0. The van der Waals surface area contributed by atoms with Crippen LogP contribution in [-0.2, 0) is 16.1 Å². The molecule has 1 fully saturated rings. The Bertz CT molecular complexity index is 474. The molecule has 1 amide bonds. The molecule has 5 nitrogen and oxygen atoms in total. The molecule has 1 aromatic rings. The largest absolute Gasteiger partial charge is 0.481 e. The second-order valence-corrected chi connectivity index (χ2v) is 5.81. The molecule has 5 heteroatoms. The van der Waals surface area contributed by atoms with Crippen molar-refractivity contribution in [2.24, 2.45) is 5.41 Å². The molecule has 0 aromatic carbocycles. The van der Waals surface area contributed by atoms with Gasteiger partial charge in [0.2, 0.25) is 5.91 Å². The second-order valence-electron chi connectivity index (χ2n) is 5.81. The van der Waals surface area contributed by atoms with Crippen molar-refractivity contribution in [1.82, 2.24) is 4.90 Å². The highest BCUT2D eigenvalue weighted by Crippen LogP contribution is 2.44. The van der Waals surface area contributed by atoms with E-state index in [-0.39, 0.29) is 18.4 Å². The summed E-state index contributed by atoms with van der Waals surface area (Å²) < 4.78 is 5.27. The van der Waals surface area contributed by atoms with Crippen LogP contribution in [0, 0.1) is 5.41 Å². The molecular formula is C15H21NO4. The SMILES string of the molecule is CC(C)N(Cc1ccco1)C(=O)CC1(C(=O)O)CCC1. The van der Waals surface area contributed by atoms with Crippen LogP contribution < -0.4 is 0 Å². The lowest BCUT2D eigenvalue weighted by Crippen LogP contribution is -2.45. The molecule has 1 N–H and O–H groups in total. The van der Waals surface area contributed by atoms with E-state index in [1.807, 2.05) is 19.9 Å². The van der Waals surface area contributed by atoms with Crippen LogP contribution in [0.3, 0.4) is 0 Å². The number of carboxylic acid groups (broad SMARTS) is 1. The Kier molecular flexibility index (Phi) is 4.16. The monoisotopic (exact) mass is 279 g/mol. The third kappa shape index (κ3) is 2.86. The second kappa shape index (κ2) is 5.69. The molecular weight excluding hydrogens is 258 g/mol. The van der Waals surface area contributed by atoms with Crippen LogP contribution in [-0.4, -0.2) is 27.9 Å². The van der Waals surface area contributed by atoms with Crippen molar-refractivity contribution in [3.63, 3.8) is 0 Å². The van der Waals surface area contributed by atoms with Crippen molar-refractivity contribution >= 4 is 11.9 Å². The molecule has 1 heterocycles. The van der Waals surface area contributed by atoms with Crippen molar-refractivity contribution in [3.05, 3.63) is 24.2 Å². The van der Waals surface area contributed by atoms with Crippen molar-refractivity contribution in [2.75, 3.05) is 0 Å². The van der Waals surface area contributed by atoms with E-state index in [1.54, 1.807) is 17.2 Å². The summed E-state index contributed by atoms with van der Waals surface area (Å²) in [5.41, 5.74) is -0.840. The lowest BCUT2D eigenvalue weighted by atomic mass is 9.66. The molecule has 1 aliphatic rings. The number of nitrogens with zero attached hydrogens (tertiary/aromatic N) is 1. The predicted octanol–water partition coefficient (Wildman–Crippen LogP) is 2.66. The van der Waals surface area contributed by atoms with Crippen LogP contribution in [0.2, 0.25) is 0 Å². The van der Waals surface area contributed by atoms with Crippen molar-refractivity contribution in [1.29, 1.82) is 0 Å². The molecule has 0 saturated heterocycles. The minimum Gasteiger partial charge on any atom is -0.481 e. The number of hydrogen-bond donors (Lipinski definition) is 1. The van der Waals surface area contributed by atoms with E-state index >= 15 is 0 Å². The molecule has 0 spiro atoms. The Balaban J connectivity index is 2.05. The van der Waals surface area contributed by atoms with Crippen molar-refractivity contribution in [3.8, 4) is 0 Å². The molecule has 0 atom stereocenters. The van der Waals surface area contributed by atoms with Crippen LogP contribution in [0.5, 0.6) is 0 Å². The van der Waals surface area contributed by atoms with Gasteiger partial charge in [-0.3, -0.25) is 9.59 Å². The number of carbonyl (C=O) groups excluding carboxylic acids is 1. The van der Waals surface area contributed by atoms with Crippen LogP contribution >= 0.6 is 0 Å². The molecule has 1 aliphatic carbocycles. The zero-order valence-electron chi connectivity index (χ0n) is 12.0. The predicted molar refractivity (Wildman–Crippen MR) is 72.9 cm³/mol. The first-order valence-electron chi connectivity index (χ1n) is 7.00. The topological polar surface area (TPSA) is 70.8 Å². The molecule has 1 aromatic heterocycles. The maximum absolute atomic E-state index is 12.4. The van der Waals surface area contributed by atoms with Gasteiger partial charge in [-0.15, -0.1) is 0 Å². The number of amides is 1. The van der Waals surface area contributed by atoms with Crippen molar-refractivity contribution in [2.45, 2.75) is 52.1 Å². The summed E-state index contributed by atoms with van der Waals surface area (Å²) in [5, 5.41) is 9.32. The summed E-state index contributed by atoms with van der Waals surface area (Å²) in [6.07, 6.45) is 3.74. The molecule has 0 aliphatic heterocycles. The van der Waals surface area contributed by atoms with Gasteiger partial charge in [0, 0.05) is 12.5 Å². The third-order valence-corrected chi connectivity index (χ3v) is 4.10. The molecule has 0 unspecified atom stereocenters. The number of carboxylic acids is 1. The smallest absolute Gasteiger partial charge is 0.310 e. The van der Waals surface area contributed by atoms with Gasteiger partial charge >= 0.3 is 5.97 Å². The normalized spacial score (nSPS) is 16.8. The van der Waals surface area contributed by atoms with Crippen LogP contribution in [0.4, 0.5) is 0 Å². The zero-order chi connectivity index (χ0) is 14.8. The summed E-state index contributed by atoms with van der Waals surface area (Å²) in [7, 11) is 0. The fourth-order valence-electron chi connectivity index (χ4n) is 2.59. The molecule has 0 radical (unpaired) electrons. The van der Waals surface area contributed by atoms with E-state index in [0.717, 1.165) is 6.42 Å². The lowest BCUT2D eigenvalue weighted by molar-refractivity contribution is -0.160. The molecule has 20 heavy (non-hydrogen) atoms. The van der Waals surface area contributed by atoms with Gasteiger partial charge in [-0.2, -0.15) is 0 Å². The number of hydrogen-bond acceptors (Lipinski definition) is 3. The third-order valence-electron chi connectivity index (χ3n) is 4.10. The van der Waals surface area contributed by atoms with Gasteiger partial charge < -0.3 is 14.4 Å². The highest BCUT2D eigenvalue weighted by molar-refractivity contribution is 5.85. The Labute approximate surface area is 118 Å². The first kappa shape index (κ1) is 14.6. The van der Waals surface area contributed by atoms with Crippen LogP contribution in [0.15, 0.2) is 22.8 Å². The lowest BCUT2D eigenvalue weighted by Gasteiger charge is -2.39. The first-order chi connectivity index (χ1) is 9.44. The molecule has 110 valence electrons. The quantitative estimate of drug-likeness (QED) is 0.869.